The zero-order chi connectivity index (χ0) is 24.4. The topological polar surface area (TPSA) is 132 Å². The third-order valence-corrected chi connectivity index (χ3v) is 6.55. The molecular formula is C23H29FN6O4. The lowest BCUT2D eigenvalue weighted by Crippen LogP contribution is -2.46. The van der Waals surface area contributed by atoms with Crippen LogP contribution in [-0.4, -0.2) is 54.8 Å². The number of nitriles is 1. The van der Waals surface area contributed by atoms with Gasteiger partial charge in [-0.2, -0.15) is 5.26 Å². The maximum absolute atomic E-state index is 15.4. The number of hydrogen-bond donors (Lipinski definition) is 3. The lowest BCUT2D eigenvalue weighted by atomic mass is 9.98. The van der Waals surface area contributed by atoms with E-state index in [1.807, 2.05) is 4.90 Å². The molecule has 1 aromatic carbocycles. The van der Waals surface area contributed by atoms with Gasteiger partial charge in [-0.05, 0) is 31.2 Å². The van der Waals surface area contributed by atoms with E-state index in [1.165, 1.54) is 24.7 Å². The summed E-state index contributed by atoms with van der Waals surface area (Å²) in [6, 6.07) is 3.14. The van der Waals surface area contributed by atoms with Gasteiger partial charge >= 0.3 is 5.69 Å². The van der Waals surface area contributed by atoms with Crippen LogP contribution >= 0.6 is 0 Å². The minimum atomic E-state index is -0.642. The Kier molecular flexibility index (Phi) is 6.88. The Morgan fingerprint density at radius 2 is 2.15 bits per heavy atom. The quantitative estimate of drug-likeness (QED) is 0.464. The number of aromatic amines is 1. The fraction of sp³-hybridized carbons (Fsp3) is 0.565. The minimum absolute atomic E-state index is 0.0447. The number of benzene rings is 1. The molecule has 11 heteroatoms. The number of H-pyrrole nitrogens is 1. The van der Waals surface area contributed by atoms with Gasteiger partial charge in [0.15, 0.2) is 11.6 Å². The average molecular weight is 473 g/mol. The number of nitrogens with one attached hydrogen (secondary N) is 3. The summed E-state index contributed by atoms with van der Waals surface area (Å²) in [4.78, 5) is 40.7. The highest BCUT2D eigenvalue weighted by Gasteiger charge is 2.35. The molecule has 0 radical (unpaired) electrons. The van der Waals surface area contributed by atoms with Gasteiger partial charge < -0.3 is 20.3 Å². The first-order valence-electron chi connectivity index (χ1n) is 11.5. The van der Waals surface area contributed by atoms with Gasteiger partial charge in [0.25, 0.3) is 5.56 Å². The number of carbonyl (C=O) groups is 1. The molecule has 2 fully saturated rings. The van der Waals surface area contributed by atoms with Gasteiger partial charge in [-0.25, -0.2) is 9.18 Å². The summed E-state index contributed by atoms with van der Waals surface area (Å²) in [6.07, 6.45) is 2.69. The van der Waals surface area contributed by atoms with Crippen molar-refractivity contribution in [2.75, 3.05) is 38.2 Å². The number of methoxy groups -OCH3 is 1. The van der Waals surface area contributed by atoms with E-state index in [2.05, 4.69) is 21.7 Å². The first-order chi connectivity index (χ1) is 16.3. The van der Waals surface area contributed by atoms with Gasteiger partial charge in [-0.3, -0.25) is 19.1 Å². The Bertz CT molecular complexity index is 1250. The molecule has 2 aromatic rings. The van der Waals surface area contributed by atoms with E-state index in [1.54, 1.807) is 0 Å². The van der Waals surface area contributed by atoms with Crippen LogP contribution in [0.1, 0.15) is 38.6 Å². The van der Waals surface area contributed by atoms with Gasteiger partial charge in [0, 0.05) is 51.6 Å². The lowest BCUT2D eigenvalue weighted by molar-refractivity contribution is -0.119. The molecule has 1 aliphatic carbocycles. The molecule has 3 N–H and O–H groups in total. The van der Waals surface area contributed by atoms with Gasteiger partial charge in [0.2, 0.25) is 5.91 Å². The van der Waals surface area contributed by atoms with Crippen molar-refractivity contribution in [3.63, 3.8) is 0 Å². The fourth-order valence-electron chi connectivity index (χ4n) is 4.81. The molecule has 1 aliphatic heterocycles. The van der Waals surface area contributed by atoms with E-state index < -0.39 is 17.1 Å². The molecule has 1 saturated heterocycles. The standard InChI is InChI=1S/C23H29FN6O4/c1-13(31)27-11-18(26-8-3-7-25)14-6-9-29(12-14)20-17(24)10-16-19(21(20)34-2)30(15-4-5-15)23(33)28-22(16)32/h10,14-15,18,26H,3-6,8-9,11-12H2,1-2H3,(H,27,31)(H,28,32,33). The lowest BCUT2D eigenvalue weighted by Gasteiger charge is -2.27. The van der Waals surface area contributed by atoms with Crippen molar-refractivity contribution in [1.82, 2.24) is 20.2 Å². The van der Waals surface area contributed by atoms with E-state index >= 15 is 4.39 Å². The van der Waals surface area contributed by atoms with Crippen molar-refractivity contribution in [2.24, 2.45) is 5.92 Å². The Morgan fingerprint density at radius 1 is 1.38 bits per heavy atom. The van der Waals surface area contributed by atoms with Crippen LogP contribution in [-0.2, 0) is 4.79 Å². The monoisotopic (exact) mass is 472 g/mol. The molecular weight excluding hydrogens is 443 g/mol. The molecule has 1 saturated carbocycles. The van der Waals surface area contributed by atoms with Crippen LogP contribution in [0, 0.1) is 23.1 Å². The van der Waals surface area contributed by atoms with Crippen LogP contribution in [0.3, 0.4) is 0 Å². The highest BCUT2D eigenvalue weighted by molar-refractivity contribution is 5.91. The number of aromatic nitrogens is 2. The van der Waals surface area contributed by atoms with Crippen LogP contribution in [0.2, 0.25) is 0 Å². The van der Waals surface area contributed by atoms with Crippen molar-refractivity contribution in [3.05, 3.63) is 32.7 Å². The van der Waals surface area contributed by atoms with Crippen LogP contribution in [0.5, 0.6) is 5.75 Å². The second kappa shape index (κ2) is 9.85. The normalized spacial score (nSPS) is 18.6. The second-order valence-corrected chi connectivity index (χ2v) is 8.90. The van der Waals surface area contributed by atoms with E-state index in [0.29, 0.717) is 38.1 Å². The molecule has 0 bridgehead atoms. The molecule has 182 valence electrons. The Labute approximate surface area is 195 Å². The summed E-state index contributed by atoms with van der Waals surface area (Å²) < 4.78 is 22.5. The van der Waals surface area contributed by atoms with Crippen molar-refractivity contribution in [2.45, 2.75) is 44.7 Å². The van der Waals surface area contributed by atoms with Crippen molar-refractivity contribution in [3.8, 4) is 11.8 Å². The summed E-state index contributed by atoms with van der Waals surface area (Å²) in [5.74, 6) is -0.475. The molecule has 0 spiro atoms. The zero-order valence-electron chi connectivity index (χ0n) is 19.3. The van der Waals surface area contributed by atoms with Gasteiger partial charge in [-0.15, -0.1) is 0 Å². The number of carbonyl (C=O) groups excluding carboxylic acids is 1. The average Bonchev–Trinajstić information content (AvgIpc) is 3.51. The van der Waals surface area contributed by atoms with Crippen LogP contribution in [0.15, 0.2) is 15.7 Å². The van der Waals surface area contributed by atoms with Crippen LogP contribution < -0.4 is 31.5 Å². The molecule has 2 heterocycles. The smallest absolute Gasteiger partial charge is 0.329 e. The van der Waals surface area contributed by atoms with Gasteiger partial charge in [-0.1, -0.05) is 0 Å². The highest BCUT2D eigenvalue weighted by Crippen LogP contribution is 2.43. The number of amides is 1. The largest absolute Gasteiger partial charge is 0.492 e. The number of ether oxygens (including phenoxy) is 1. The number of fused-ring (bicyclic) bond motifs is 1. The molecule has 2 aliphatic rings. The first-order valence-corrected chi connectivity index (χ1v) is 11.5. The minimum Gasteiger partial charge on any atom is -0.492 e. The third-order valence-electron chi connectivity index (χ3n) is 6.55. The molecule has 34 heavy (non-hydrogen) atoms. The maximum Gasteiger partial charge on any atom is 0.329 e. The van der Waals surface area contributed by atoms with E-state index in [4.69, 9.17) is 10.00 Å². The molecule has 10 nitrogen and oxygen atoms in total. The third kappa shape index (κ3) is 4.63. The Morgan fingerprint density at radius 3 is 2.79 bits per heavy atom. The van der Waals surface area contributed by atoms with Gasteiger partial charge in [0.05, 0.1) is 18.6 Å². The number of rotatable bonds is 9. The number of hydrogen-bond acceptors (Lipinski definition) is 7. The summed E-state index contributed by atoms with van der Waals surface area (Å²) in [5.41, 5.74) is -0.614. The molecule has 1 amide bonds. The Hall–Kier alpha value is -3.39. The predicted molar refractivity (Wildman–Crippen MR) is 125 cm³/mol. The van der Waals surface area contributed by atoms with Crippen molar-refractivity contribution < 1.29 is 13.9 Å². The van der Waals surface area contributed by atoms with Crippen molar-refractivity contribution in [1.29, 1.82) is 5.26 Å². The van der Waals surface area contributed by atoms with Crippen molar-refractivity contribution >= 4 is 22.5 Å². The number of halogens is 1. The van der Waals surface area contributed by atoms with E-state index in [0.717, 1.165) is 19.3 Å². The summed E-state index contributed by atoms with van der Waals surface area (Å²) in [6.45, 7) is 3.36. The van der Waals surface area contributed by atoms with Crippen LogP contribution in [0.25, 0.3) is 10.9 Å². The zero-order valence-corrected chi connectivity index (χ0v) is 19.3. The predicted octanol–water partition coefficient (Wildman–Crippen LogP) is 1.01. The van der Waals surface area contributed by atoms with Gasteiger partial charge in [0.1, 0.15) is 11.2 Å². The number of anilines is 1. The Balaban J connectivity index is 1.70. The molecule has 2 atom stereocenters. The van der Waals surface area contributed by atoms with E-state index in [9.17, 15) is 14.4 Å². The molecule has 1 aromatic heterocycles. The second-order valence-electron chi connectivity index (χ2n) is 8.90. The van der Waals surface area contributed by atoms with Crippen LogP contribution in [0.4, 0.5) is 10.1 Å². The first kappa shape index (κ1) is 23.8. The molecule has 4 rings (SSSR count). The summed E-state index contributed by atoms with van der Waals surface area (Å²) in [7, 11) is 1.41. The van der Waals surface area contributed by atoms with E-state index in [-0.39, 0.29) is 40.7 Å². The fourth-order valence-corrected chi connectivity index (χ4v) is 4.81. The maximum atomic E-state index is 15.4. The highest BCUT2D eigenvalue weighted by atomic mass is 19.1. The summed E-state index contributed by atoms with van der Waals surface area (Å²) >= 11 is 0. The molecule has 2 unspecified atom stereocenters. The SMILES string of the molecule is COc1c(N2CCC(C(CNC(C)=O)NCCC#N)C2)c(F)cc2c(=O)[nH]c(=O)n(C3CC3)c12. The summed E-state index contributed by atoms with van der Waals surface area (Å²) in [5, 5.41) is 15.1. The number of nitrogens with zero attached hydrogens (tertiary/aromatic N) is 3.